The van der Waals surface area contributed by atoms with Crippen LogP contribution in [0.15, 0.2) is 47.4 Å². The molecular formula is C20H18N2O5S2. The van der Waals surface area contributed by atoms with Crippen molar-refractivity contribution in [2.75, 3.05) is 18.1 Å². The first-order chi connectivity index (χ1) is 13.9. The van der Waals surface area contributed by atoms with Crippen molar-refractivity contribution < 1.29 is 19.2 Å². The molecule has 9 heteroatoms. The number of nitro groups is 1. The van der Waals surface area contributed by atoms with Gasteiger partial charge in [-0.3, -0.25) is 19.8 Å². The molecule has 0 bridgehead atoms. The molecule has 1 aliphatic heterocycles. The van der Waals surface area contributed by atoms with Crippen molar-refractivity contribution in [2.45, 2.75) is 13.8 Å². The van der Waals surface area contributed by atoms with Crippen molar-refractivity contribution in [2.24, 2.45) is 0 Å². The number of hydrogen-bond acceptors (Lipinski definition) is 7. The van der Waals surface area contributed by atoms with Gasteiger partial charge in [0.05, 0.1) is 28.7 Å². The zero-order valence-electron chi connectivity index (χ0n) is 15.8. The number of non-ortho nitro benzene ring substituents is 1. The molecule has 2 aromatic rings. The predicted molar refractivity (Wildman–Crippen MR) is 118 cm³/mol. The number of thioether (sulfide) groups is 1. The van der Waals surface area contributed by atoms with Gasteiger partial charge in [0.25, 0.3) is 11.6 Å². The maximum Gasteiger partial charge on any atom is 0.271 e. The van der Waals surface area contributed by atoms with Gasteiger partial charge in [-0.2, -0.15) is 0 Å². The van der Waals surface area contributed by atoms with Crippen molar-refractivity contribution in [3.05, 3.63) is 63.0 Å². The fourth-order valence-corrected chi connectivity index (χ4v) is 4.04. The molecule has 29 heavy (non-hydrogen) atoms. The largest absolute Gasteiger partial charge is 0.490 e. The van der Waals surface area contributed by atoms with E-state index in [4.69, 9.17) is 21.7 Å². The molecule has 1 aliphatic rings. The third-order valence-corrected chi connectivity index (χ3v) is 5.26. The average molecular weight is 431 g/mol. The minimum atomic E-state index is -0.508. The van der Waals surface area contributed by atoms with Gasteiger partial charge >= 0.3 is 0 Å². The number of amides is 1. The average Bonchev–Trinajstić information content (AvgIpc) is 2.97. The summed E-state index contributed by atoms with van der Waals surface area (Å²) in [6.07, 6.45) is 1.72. The van der Waals surface area contributed by atoms with E-state index in [1.165, 1.54) is 23.1 Å². The molecule has 0 unspecified atom stereocenters. The molecule has 2 aromatic carbocycles. The van der Waals surface area contributed by atoms with Crippen molar-refractivity contribution in [1.29, 1.82) is 0 Å². The maximum atomic E-state index is 12.9. The lowest BCUT2D eigenvalue weighted by molar-refractivity contribution is -0.384. The molecular weight excluding hydrogens is 412 g/mol. The number of benzene rings is 2. The van der Waals surface area contributed by atoms with Crippen LogP contribution in [0.1, 0.15) is 19.4 Å². The third-order valence-electron chi connectivity index (χ3n) is 3.96. The summed E-state index contributed by atoms with van der Waals surface area (Å²) in [6, 6.07) is 11.3. The molecule has 1 heterocycles. The highest BCUT2D eigenvalue weighted by Gasteiger charge is 2.34. The summed E-state index contributed by atoms with van der Waals surface area (Å²) in [6.45, 7) is 4.77. The number of ether oxygens (including phenoxy) is 2. The Morgan fingerprint density at radius 2 is 1.86 bits per heavy atom. The molecule has 0 saturated carbocycles. The quantitative estimate of drug-likeness (QED) is 0.270. The second kappa shape index (κ2) is 9.06. The van der Waals surface area contributed by atoms with Crippen LogP contribution in [0.4, 0.5) is 11.4 Å². The number of nitrogens with zero attached hydrogens (tertiary/aromatic N) is 2. The minimum absolute atomic E-state index is 0.103. The maximum absolute atomic E-state index is 12.9. The Kier molecular flexibility index (Phi) is 6.50. The minimum Gasteiger partial charge on any atom is -0.490 e. The molecule has 3 rings (SSSR count). The molecule has 0 aliphatic carbocycles. The Balaban J connectivity index is 1.91. The zero-order chi connectivity index (χ0) is 21.0. The monoisotopic (exact) mass is 430 g/mol. The summed E-state index contributed by atoms with van der Waals surface area (Å²) in [5, 5.41) is 11.0. The number of carbonyl (C=O) groups is 1. The lowest BCUT2D eigenvalue weighted by atomic mass is 10.1. The first-order valence-corrected chi connectivity index (χ1v) is 10.1. The van der Waals surface area contributed by atoms with Crippen molar-refractivity contribution >= 4 is 51.7 Å². The molecule has 0 radical (unpaired) electrons. The number of thiocarbonyl (C=S) groups is 1. The summed E-state index contributed by atoms with van der Waals surface area (Å²) < 4.78 is 11.5. The standard InChI is InChI=1S/C20H18N2O5S2/c1-3-26-16-9-8-13(10-17(16)27-4-2)11-18-19(23)21(20(28)29-18)14-6-5-7-15(12-14)22(24)25/h5-12H,3-4H2,1-2H3/b18-11-. The molecule has 1 amide bonds. The topological polar surface area (TPSA) is 81.9 Å². The Morgan fingerprint density at radius 3 is 2.55 bits per heavy atom. The first kappa shape index (κ1) is 20.8. The normalized spacial score (nSPS) is 15.1. The van der Waals surface area contributed by atoms with E-state index in [0.29, 0.717) is 39.6 Å². The Morgan fingerprint density at radius 1 is 1.14 bits per heavy atom. The lowest BCUT2D eigenvalue weighted by Gasteiger charge is -2.14. The van der Waals surface area contributed by atoms with Gasteiger partial charge in [0.1, 0.15) is 0 Å². The van der Waals surface area contributed by atoms with Crippen LogP contribution in [0.25, 0.3) is 6.08 Å². The van der Waals surface area contributed by atoms with Crippen LogP contribution in [-0.2, 0) is 4.79 Å². The highest BCUT2D eigenvalue weighted by molar-refractivity contribution is 8.27. The van der Waals surface area contributed by atoms with E-state index in [-0.39, 0.29) is 11.6 Å². The van der Waals surface area contributed by atoms with E-state index in [9.17, 15) is 14.9 Å². The molecule has 0 atom stereocenters. The fraction of sp³-hybridized carbons (Fsp3) is 0.200. The smallest absolute Gasteiger partial charge is 0.271 e. The van der Waals surface area contributed by atoms with Crippen LogP contribution in [0, 0.1) is 10.1 Å². The van der Waals surface area contributed by atoms with Crippen LogP contribution in [-0.4, -0.2) is 28.4 Å². The van der Waals surface area contributed by atoms with Gasteiger partial charge in [-0.1, -0.05) is 36.1 Å². The van der Waals surface area contributed by atoms with Gasteiger partial charge in [-0.15, -0.1) is 0 Å². The SMILES string of the molecule is CCOc1ccc(/C=C2\SC(=S)N(c3cccc([N+](=O)[O-])c3)C2=O)cc1OCC. The van der Waals surface area contributed by atoms with Gasteiger partial charge < -0.3 is 9.47 Å². The predicted octanol–water partition coefficient (Wildman–Crippen LogP) is 4.80. The van der Waals surface area contributed by atoms with E-state index in [0.717, 1.165) is 17.3 Å². The molecule has 1 saturated heterocycles. The first-order valence-electron chi connectivity index (χ1n) is 8.86. The second-order valence-electron chi connectivity index (χ2n) is 5.87. The van der Waals surface area contributed by atoms with Gasteiger partial charge in [0.2, 0.25) is 0 Å². The van der Waals surface area contributed by atoms with Gasteiger partial charge in [-0.25, -0.2) is 0 Å². The molecule has 7 nitrogen and oxygen atoms in total. The Bertz CT molecular complexity index is 1010. The summed E-state index contributed by atoms with van der Waals surface area (Å²) in [4.78, 5) is 25.2. The van der Waals surface area contributed by atoms with Crippen molar-refractivity contribution in [3.63, 3.8) is 0 Å². The zero-order valence-corrected chi connectivity index (χ0v) is 17.4. The van der Waals surface area contributed by atoms with E-state index in [2.05, 4.69) is 0 Å². The number of nitro benzene ring substituents is 1. The van der Waals surface area contributed by atoms with Crippen LogP contribution < -0.4 is 14.4 Å². The van der Waals surface area contributed by atoms with E-state index >= 15 is 0 Å². The van der Waals surface area contributed by atoms with Crippen LogP contribution >= 0.6 is 24.0 Å². The van der Waals surface area contributed by atoms with E-state index < -0.39 is 4.92 Å². The summed E-state index contributed by atoms with van der Waals surface area (Å²) in [7, 11) is 0. The molecule has 0 aromatic heterocycles. The second-order valence-corrected chi connectivity index (χ2v) is 7.54. The third kappa shape index (κ3) is 4.57. The number of carbonyl (C=O) groups excluding carboxylic acids is 1. The van der Waals surface area contributed by atoms with Gasteiger partial charge in [0.15, 0.2) is 15.8 Å². The van der Waals surface area contributed by atoms with Crippen molar-refractivity contribution in [1.82, 2.24) is 0 Å². The van der Waals surface area contributed by atoms with Crippen LogP contribution in [0.3, 0.4) is 0 Å². The molecule has 0 spiro atoms. The van der Waals surface area contributed by atoms with Crippen molar-refractivity contribution in [3.8, 4) is 11.5 Å². The summed E-state index contributed by atoms with van der Waals surface area (Å²) in [5.74, 6) is 0.903. The number of anilines is 1. The van der Waals surface area contributed by atoms with E-state index in [1.54, 1.807) is 24.3 Å². The molecule has 150 valence electrons. The summed E-state index contributed by atoms with van der Waals surface area (Å²) in [5.41, 5.74) is 1.02. The molecule has 1 fully saturated rings. The van der Waals surface area contributed by atoms with E-state index in [1.807, 2.05) is 19.9 Å². The Labute approximate surface area is 177 Å². The van der Waals surface area contributed by atoms with Gasteiger partial charge in [0, 0.05) is 12.1 Å². The number of hydrogen-bond donors (Lipinski definition) is 0. The fourth-order valence-electron chi connectivity index (χ4n) is 2.74. The van der Waals surface area contributed by atoms with Gasteiger partial charge in [-0.05, 0) is 43.7 Å². The van der Waals surface area contributed by atoms with Crippen LogP contribution in [0.5, 0.6) is 11.5 Å². The Hall–Kier alpha value is -2.91. The molecule has 0 N–H and O–H groups in total. The number of rotatable bonds is 7. The summed E-state index contributed by atoms with van der Waals surface area (Å²) >= 11 is 6.48. The lowest BCUT2D eigenvalue weighted by Crippen LogP contribution is -2.27. The highest BCUT2D eigenvalue weighted by atomic mass is 32.2. The van der Waals surface area contributed by atoms with Crippen LogP contribution in [0.2, 0.25) is 0 Å². The highest BCUT2D eigenvalue weighted by Crippen LogP contribution is 2.38.